The van der Waals surface area contributed by atoms with Crippen LogP contribution in [0, 0.1) is 6.92 Å². The smallest absolute Gasteiger partial charge is 0.238 e. The van der Waals surface area contributed by atoms with E-state index in [9.17, 15) is 4.79 Å². The van der Waals surface area contributed by atoms with Crippen LogP contribution in [0.15, 0.2) is 24.3 Å². The number of rotatable bonds is 2. The first kappa shape index (κ1) is 14.6. The lowest BCUT2D eigenvalue weighted by atomic mass is 9.95. The molecule has 21 heavy (non-hydrogen) atoms. The van der Waals surface area contributed by atoms with E-state index in [1.54, 1.807) is 0 Å². The molecule has 3 rings (SSSR count). The largest absolute Gasteiger partial charge is 0.319 e. The van der Waals surface area contributed by atoms with Gasteiger partial charge in [0.2, 0.25) is 5.91 Å². The first-order chi connectivity index (χ1) is 10.3. The van der Waals surface area contributed by atoms with Crippen molar-refractivity contribution in [3.05, 3.63) is 35.4 Å². The lowest BCUT2D eigenvalue weighted by Gasteiger charge is -2.34. The standard InChI is InChI=1S/C18H26N2O/c1-14-9-11-15(12-10-14)18-19-13-17(21)20(18)16-7-5-3-2-4-6-8-16/h9-12,16,18-19H,2-8,13H2,1H3. The second-order valence-electron chi connectivity index (χ2n) is 6.49. The van der Waals surface area contributed by atoms with Crippen molar-refractivity contribution in [2.45, 2.75) is 64.1 Å². The Morgan fingerprint density at radius 2 is 1.62 bits per heavy atom. The van der Waals surface area contributed by atoms with Crippen molar-refractivity contribution >= 4 is 5.91 Å². The molecule has 2 aliphatic rings. The van der Waals surface area contributed by atoms with E-state index in [1.165, 1.54) is 43.2 Å². The molecule has 0 radical (unpaired) electrons. The summed E-state index contributed by atoms with van der Waals surface area (Å²) < 4.78 is 0. The molecule has 1 amide bonds. The highest BCUT2D eigenvalue weighted by Crippen LogP contribution is 2.30. The van der Waals surface area contributed by atoms with Gasteiger partial charge in [0.1, 0.15) is 6.17 Å². The quantitative estimate of drug-likeness (QED) is 0.902. The SMILES string of the molecule is Cc1ccc(C2NCC(=O)N2C2CCCCCCC2)cc1. The Bertz CT molecular complexity index is 474. The van der Waals surface area contributed by atoms with Crippen LogP contribution in [0.2, 0.25) is 0 Å². The van der Waals surface area contributed by atoms with E-state index in [-0.39, 0.29) is 12.1 Å². The van der Waals surface area contributed by atoms with Crippen molar-refractivity contribution in [1.82, 2.24) is 10.2 Å². The van der Waals surface area contributed by atoms with E-state index in [2.05, 4.69) is 41.4 Å². The van der Waals surface area contributed by atoms with Crippen LogP contribution in [0.3, 0.4) is 0 Å². The molecule has 1 aromatic rings. The zero-order valence-electron chi connectivity index (χ0n) is 13.0. The summed E-state index contributed by atoms with van der Waals surface area (Å²) in [5.74, 6) is 0.270. The summed E-state index contributed by atoms with van der Waals surface area (Å²) in [5.41, 5.74) is 2.48. The van der Waals surface area contributed by atoms with Gasteiger partial charge in [-0.25, -0.2) is 0 Å². The molecular weight excluding hydrogens is 260 g/mol. The van der Waals surface area contributed by atoms with Crippen molar-refractivity contribution < 1.29 is 4.79 Å². The highest BCUT2D eigenvalue weighted by molar-refractivity contribution is 5.81. The predicted molar refractivity (Wildman–Crippen MR) is 84.9 cm³/mol. The maximum Gasteiger partial charge on any atom is 0.238 e. The predicted octanol–water partition coefficient (Wildman–Crippen LogP) is 3.54. The topological polar surface area (TPSA) is 32.3 Å². The summed E-state index contributed by atoms with van der Waals surface area (Å²) >= 11 is 0. The number of hydrogen-bond donors (Lipinski definition) is 1. The van der Waals surface area contributed by atoms with Crippen LogP contribution >= 0.6 is 0 Å². The van der Waals surface area contributed by atoms with Gasteiger partial charge in [-0.3, -0.25) is 10.1 Å². The molecule has 0 bridgehead atoms. The van der Waals surface area contributed by atoms with Gasteiger partial charge >= 0.3 is 0 Å². The lowest BCUT2D eigenvalue weighted by Crippen LogP contribution is -2.40. The van der Waals surface area contributed by atoms with Gasteiger partial charge in [-0.05, 0) is 25.3 Å². The molecule has 3 nitrogen and oxygen atoms in total. The van der Waals surface area contributed by atoms with Gasteiger partial charge in [-0.1, -0.05) is 61.9 Å². The molecule has 0 aromatic heterocycles. The van der Waals surface area contributed by atoms with Crippen LogP contribution in [-0.4, -0.2) is 23.4 Å². The van der Waals surface area contributed by atoms with Crippen LogP contribution in [0.4, 0.5) is 0 Å². The maximum absolute atomic E-state index is 12.4. The fourth-order valence-electron chi connectivity index (χ4n) is 3.67. The van der Waals surface area contributed by atoms with Gasteiger partial charge in [0, 0.05) is 6.04 Å². The van der Waals surface area contributed by atoms with Crippen molar-refractivity contribution in [1.29, 1.82) is 0 Å². The summed E-state index contributed by atoms with van der Waals surface area (Å²) in [6.07, 6.45) is 8.92. The van der Waals surface area contributed by atoms with Gasteiger partial charge in [-0.15, -0.1) is 0 Å². The van der Waals surface area contributed by atoms with Crippen molar-refractivity contribution in [3.63, 3.8) is 0 Å². The Balaban J connectivity index is 1.79. The minimum absolute atomic E-state index is 0.0718. The Morgan fingerprint density at radius 3 is 2.29 bits per heavy atom. The number of amides is 1. The molecule has 0 spiro atoms. The molecule has 2 fully saturated rings. The van der Waals surface area contributed by atoms with Crippen LogP contribution < -0.4 is 5.32 Å². The van der Waals surface area contributed by atoms with Crippen LogP contribution in [0.1, 0.15) is 62.2 Å². The zero-order chi connectivity index (χ0) is 14.7. The highest BCUT2D eigenvalue weighted by atomic mass is 16.2. The van der Waals surface area contributed by atoms with Gasteiger partial charge in [0.05, 0.1) is 6.54 Å². The van der Waals surface area contributed by atoms with E-state index >= 15 is 0 Å². The van der Waals surface area contributed by atoms with E-state index in [0.717, 1.165) is 12.8 Å². The van der Waals surface area contributed by atoms with Crippen LogP contribution in [0.5, 0.6) is 0 Å². The number of benzene rings is 1. The molecular formula is C18H26N2O. The van der Waals surface area contributed by atoms with Crippen molar-refractivity contribution in [3.8, 4) is 0 Å². The molecule has 1 heterocycles. The molecule has 1 atom stereocenters. The maximum atomic E-state index is 12.4. The average Bonchev–Trinajstić information content (AvgIpc) is 2.82. The van der Waals surface area contributed by atoms with Gasteiger partial charge < -0.3 is 4.90 Å². The number of carbonyl (C=O) groups is 1. The first-order valence-electron chi connectivity index (χ1n) is 8.37. The third kappa shape index (κ3) is 3.29. The van der Waals surface area contributed by atoms with Crippen LogP contribution in [-0.2, 0) is 4.79 Å². The van der Waals surface area contributed by atoms with E-state index in [1.807, 2.05) is 0 Å². The molecule has 1 aliphatic carbocycles. The van der Waals surface area contributed by atoms with Crippen molar-refractivity contribution in [2.24, 2.45) is 0 Å². The first-order valence-corrected chi connectivity index (χ1v) is 8.37. The second kappa shape index (κ2) is 6.61. The Labute approximate surface area is 127 Å². The zero-order valence-corrected chi connectivity index (χ0v) is 13.0. The monoisotopic (exact) mass is 286 g/mol. The number of nitrogens with one attached hydrogen (secondary N) is 1. The second-order valence-corrected chi connectivity index (χ2v) is 6.49. The minimum atomic E-state index is 0.0718. The van der Waals surface area contributed by atoms with Crippen LogP contribution in [0.25, 0.3) is 0 Å². The van der Waals surface area contributed by atoms with Gasteiger partial charge in [0.15, 0.2) is 0 Å². The van der Waals surface area contributed by atoms with Gasteiger partial charge in [0.25, 0.3) is 0 Å². The molecule has 3 heteroatoms. The Morgan fingerprint density at radius 1 is 1.00 bits per heavy atom. The molecule has 114 valence electrons. The average molecular weight is 286 g/mol. The number of hydrogen-bond acceptors (Lipinski definition) is 2. The fourth-order valence-corrected chi connectivity index (χ4v) is 3.67. The summed E-state index contributed by atoms with van der Waals surface area (Å²) in [6, 6.07) is 8.99. The third-order valence-electron chi connectivity index (χ3n) is 4.87. The summed E-state index contributed by atoms with van der Waals surface area (Å²) in [7, 11) is 0. The molecule has 1 N–H and O–H groups in total. The summed E-state index contributed by atoms with van der Waals surface area (Å²) in [4.78, 5) is 14.5. The highest BCUT2D eigenvalue weighted by Gasteiger charge is 2.36. The summed E-state index contributed by atoms with van der Waals surface area (Å²) in [6.45, 7) is 2.58. The molecule has 1 aliphatic heterocycles. The minimum Gasteiger partial charge on any atom is -0.319 e. The number of carbonyl (C=O) groups excluding carboxylic acids is 1. The fraction of sp³-hybridized carbons (Fsp3) is 0.611. The normalized spacial score (nSPS) is 24.9. The van der Waals surface area contributed by atoms with E-state index < -0.39 is 0 Å². The Hall–Kier alpha value is -1.35. The molecule has 1 saturated carbocycles. The number of nitrogens with zero attached hydrogens (tertiary/aromatic N) is 1. The van der Waals surface area contributed by atoms with Gasteiger partial charge in [-0.2, -0.15) is 0 Å². The molecule has 1 aromatic carbocycles. The van der Waals surface area contributed by atoms with E-state index in [0.29, 0.717) is 12.6 Å². The van der Waals surface area contributed by atoms with Crippen molar-refractivity contribution in [2.75, 3.05) is 6.54 Å². The summed E-state index contributed by atoms with van der Waals surface area (Å²) in [5, 5.41) is 3.40. The third-order valence-corrected chi connectivity index (χ3v) is 4.87. The van der Waals surface area contributed by atoms with E-state index in [4.69, 9.17) is 0 Å². The molecule has 1 unspecified atom stereocenters. The Kier molecular flexibility index (Phi) is 4.59. The number of aryl methyl sites for hydroxylation is 1. The lowest BCUT2D eigenvalue weighted by molar-refractivity contribution is -0.130. The molecule has 1 saturated heterocycles.